The molecule has 1 aliphatic carbocycles. The van der Waals surface area contributed by atoms with Crippen LogP contribution in [0.15, 0.2) is 42.5 Å². The van der Waals surface area contributed by atoms with Crippen molar-refractivity contribution in [3.63, 3.8) is 0 Å². The van der Waals surface area contributed by atoms with Gasteiger partial charge in [0, 0.05) is 36.5 Å². The van der Waals surface area contributed by atoms with Gasteiger partial charge >= 0.3 is 6.18 Å². The summed E-state index contributed by atoms with van der Waals surface area (Å²) in [6, 6.07) is 6.38. The molecule has 1 saturated carbocycles. The summed E-state index contributed by atoms with van der Waals surface area (Å²) in [5.41, 5.74) is -0.536. The summed E-state index contributed by atoms with van der Waals surface area (Å²) in [5, 5.41) is -0.988. The smallest absolute Gasteiger partial charge is 0.313 e. The Morgan fingerprint density at radius 2 is 1.82 bits per heavy atom. The van der Waals surface area contributed by atoms with Gasteiger partial charge in [-0.3, -0.25) is 9.52 Å². The number of nitrogens with zero attached hydrogens (tertiary/aromatic N) is 3. The Labute approximate surface area is 231 Å². The number of amides is 1. The van der Waals surface area contributed by atoms with Crippen LogP contribution in [0.2, 0.25) is 5.02 Å². The highest BCUT2D eigenvalue weighted by molar-refractivity contribution is 7.93. The minimum absolute atomic E-state index is 0.0276. The summed E-state index contributed by atoms with van der Waals surface area (Å²) in [5.74, 6) is -3.09. The van der Waals surface area contributed by atoms with Crippen molar-refractivity contribution in [1.29, 1.82) is 0 Å². The van der Waals surface area contributed by atoms with E-state index < -0.39 is 55.6 Å². The first-order valence-electron chi connectivity index (χ1n) is 12.1. The van der Waals surface area contributed by atoms with Crippen LogP contribution in [-0.2, 0) is 27.4 Å². The molecule has 1 aliphatic heterocycles. The number of hydrogen-bond acceptors (Lipinski definition) is 5. The number of hydrogen-bond donors (Lipinski definition) is 1. The molecule has 0 radical (unpaired) electrons. The Balaban J connectivity index is 1.63. The number of aromatic nitrogens is 1. The lowest BCUT2D eigenvalue weighted by atomic mass is 10.1. The molecule has 1 atom stereocenters. The topological polar surface area (TPSA) is 82.6 Å². The number of aryl methyl sites for hydroxylation is 1. The lowest BCUT2D eigenvalue weighted by Gasteiger charge is -2.30. The number of sulfonamides is 1. The number of rotatable bonds is 6. The van der Waals surface area contributed by atoms with Crippen molar-refractivity contribution in [2.24, 2.45) is 0 Å². The average Bonchev–Trinajstić information content (AvgIpc) is 3.66. The first-order valence-corrected chi connectivity index (χ1v) is 14.0. The van der Waals surface area contributed by atoms with Crippen molar-refractivity contribution in [2.75, 3.05) is 21.6 Å². The van der Waals surface area contributed by atoms with E-state index in [9.17, 15) is 35.2 Å². The Morgan fingerprint density at radius 3 is 2.48 bits per heavy atom. The lowest BCUT2D eigenvalue weighted by Crippen LogP contribution is -2.45. The molecule has 1 aromatic heterocycles. The molecule has 40 heavy (non-hydrogen) atoms. The molecule has 7 nitrogen and oxygen atoms in total. The van der Waals surface area contributed by atoms with Crippen molar-refractivity contribution in [1.82, 2.24) is 4.98 Å². The second kappa shape index (κ2) is 9.88. The van der Waals surface area contributed by atoms with E-state index in [2.05, 4.69) is 9.71 Å². The van der Waals surface area contributed by atoms with Crippen LogP contribution >= 0.6 is 11.6 Å². The Kier molecular flexibility index (Phi) is 6.94. The molecule has 2 aromatic carbocycles. The van der Waals surface area contributed by atoms with Gasteiger partial charge in [-0.15, -0.1) is 0 Å². The fourth-order valence-corrected chi connectivity index (χ4v) is 6.29. The number of likely N-dealkylation sites (N-methyl/N-ethyl adjacent to an activating group) is 1. The highest BCUT2D eigenvalue weighted by Crippen LogP contribution is 2.44. The predicted molar refractivity (Wildman–Crippen MR) is 140 cm³/mol. The molecule has 3 aromatic rings. The summed E-state index contributed by atoms with van der Waals surface area (Å²) >= 11 is 5.81. The highest BCUT2D eigenvalue weighted by atomic mass is 35.5. The van der Waals surface area contributed by atoms with E-state index in [4.69, 9.17) is 11.6 Å². The second-order valence-corrected chi connectivity index (χ2v) is 12.1. The largest absolute Gasteiger partial charge is 0.416 e. The Bertz CT molecular complexity index is 1630. The first-order chi connectivity index (χ1) is 18.7. The van der Waals surface area contributed by atoms with Crippen molar-refractivity contribution in [2.45, 2.75) is 43.7 Å². The zero-order valence-electron chi connectivity index (χ0n) is 21.1. The van der Waals surface area contributed by atoms with E-state index in [-0.39, 0.29) is 35.0 Å². The average molecular weight is 601 g/mol. The van der Waals surface area contributed by atoms with Crippen LogP contribution in [0.4, 0.5) is 44.8 Å². The molecule has 0 bridgehead atoms. The summed E-state index contributed by atoms with van der Waals surface area (Å²) in [4.78, 5) is 20.2. The molecule has 14 heteroatoms. The van der Waals surface area contributed by atoms with Gasteiger partial charge in [0.2, 0.25) is 15.9 Å². The van der Waals surface area contributed by atoms with Gasteiger partial charge < -0.3 is 9.80 Å². The van der Waals surface area contributed by atoms with Crippen LogP contribution in [0.3, 0.4) is 0 Å². The van der Waals surface area contributed by atoms with E-state index in [1.54, 1.807) is 0 Å². The summed E-state index contributed by atoms with van der Waals surface area (Å²) < 4.78 is 97.5. The molecule has 0 saturated heterocycles. The zero-order valence-corrected chi connectivity index (χ0v) is 22.6. The molecule has 1 unspecified atom stereocenters. The number of benzene rings is 2. The van der Waals surface area contributed by atoms with E-state index in [0.29, 0.717) is 24.5 Å². The van der Waals surface area contributed by atoms with Gasteiger partial charge in [-0.1, -0.05) is 17.7 Å². The van der Waals surface area contributed by atoms with E-state index in [1.807, 2.05) is 0 Å². The second-order valence-electron chi connectivity index (χ2n) is 9.71. The third-order valence-corrected chi connectivity index (χ3v) is 8.96. The summed E-state index contributed by atoms with van der Waals surface area (Å²) in [7, 11) is -2.50. The molecular formula is C26H22ClF5N4O3S. The number of carbonyl (C=O) groups excluding carboxylic acids is 1. The molecule has 1 N–H and O–H groups in total. The van der Waals surface area contributed by atoms with Crippen LogP contribution in [0.5, 0.6) is 0 Å². The molecular weight excluding hydrogens is 579 g/mol. The van der Waals surface area contributed by atoms with Gasteiger partial charge in [0.05, 0.1) is 27.2 Å². The van der Waals surface area contributed by atoms with Gasteiger partial charge in [-0.2, -0.15) is 13.2 Å². The summed E-state index contributed by atoms with van der Waals surface area (Å²) in [6.45, 7) is 1.37. The minimum Gasteiger partial charge on any atom is -0.313 e. The maximum atomic E-state index is 14.7. The van der Waals surface area contributed by atoms with Crippen LogP contribution in [0.1, 0.15) is 29.7 Å². The quantitative estimate of drug-likeness (QED) is 0.278. The number of halogens is 6. The number of pyridine rings is 1. The minimum atomic E-state index is -4.71. The molecule has 1 fully saturated rings. The zero-order chi connectivity index (χ0) is 29.1. The SMILES string of the molecule is Cc1cc(C(F)(F)F)cc(N2c3cccc(NS(=O)(=O)C4CC4)c3CC2C(=O)N(C)c2cc(Cl)c(F)cc2F)n1. The van der Waals surface area contributed by atoms with Crippen molar-refractivity contribution in [3.05, 3.63) is 75.9 Å². The fourth-order valence-electron chi connectivity index (χ4n) is 4.71. The van der Waals surface area contributed by atoms with Gasteiger partial charge in [-0.05, 0) is 50.1 Å². The molecule has 212 valence electrons. The number of carbonyl (C=O) groups is 1. The molecule has 2 heterocycles. The standard InChI is InChI=1S/C26H22ClF5N4O3S/c1-13-8-14(26(30,31)32)9-24(33-13)36-21-5-3-4-20(34-40(38,39)15-6-7-15)16(21)10-23(36)25(37)35(2)22-11-17(27)18(28)12-19(22)29/h3-5,8-9,11-12,15,23,34H,6-7,10H2,1-2H3. The first kappa shape index (κ1) is 28.1. The summed E-state index contributed by atoms with van der Waals surface area (Å²) in [6.07, 6.45) is -3.85. The number of anilines is 4. The van der Waals surface area contributed by atoms with Gasteiger partial charge in [0.25, 0.3) is 0 Å². The third-order valence-electron chi connectivity index (χ3n) is 6.82. The van der Waals surface area contributed by atoms with Gasteiger partial charge in [-0.25, -0.2) is 22.2 Å². The fraction of sp³-hybridized carbons (Fsp3) is 0.308. The number of alkyl halides is 3. The van der Waals surface area contributed by atoms with Crippen molar-refractivity contribution in [3.8, 4) is 0 Å². The van der Waals surface area contributed by atoms with E-state index in [0.717, 1.165) is 23.1 Å². The Hall–Kier alpha value is -3.45. The molecule has 1 amide bonds. The van der Waals surface area contributed by atoms with Crippen LogP contribution in [0.25, 0.3) is 0 Å². The normalized spacial score (nSPS) is 17.1. The molecule has 0 spiro atoms. The van der Waals surface area contributed by atoms with E-state index in [1.165, 1.54) is 37.1 Å². The maximum Gasteiger partial charge on any atom is 0.416 e. The van der Waals surface area contributed by atoms with Crippen LogP contribution in [0, 0.1) is 18.6 Å². The van der Waals surface area contributed by atoms with E-state index >= 15 is 0 Å². The van der Waals surface area contributed by atoms with Crippen molar-refractivity contribution >= 4 is 50.4 Å². The predicted octanol–water partition coefficient (Wildman–Crippen LogP) is 5.97. The number of fused-ring (bicyclic) bond motifs is 1. The number of nitrogens with one attached hydrogen (secondary N) is 1. The van der Waals surface area contributed by atoms with Gasteiger partial charge in [0.15, 0.2) is 0 Å². The molecule has 5 rings (SSSR count). The van der Waals surface area contributed by atoms with Crippen LogP contribution < -0.4 is 14.5 Å². The van der Waals surface area contributed by atoms with Gasteiger partial charge in [0.1, 0.15) is 23.5 Å². The lowest BCUT2D eigenvalue weighted by molar-refractivity contribution is -0.137. The third kappa shape index (κ3) is 5.19. The highest BCUT2D eigenvalue weighted by Gasteiger charge is 2.42. The molecule has 2 aliphatic rings. The monoisotopic (exact) mass is 600 g/mol. The van der Waals surface area contributed by atoms with Crippen molar-refractivity contribution < 1.29 is 35.2 Å². The Morgan fingerprint density at radius 1 is 1.12 bits per heavy atom. The maximum absolute atomic E-state index is 14.7. The van der Waals surface area contributed by atoms with Crippen LogP contribution in [-0.4, -0.2) is 37.6 Å².